The van der Waals surface area contributed by atoms with E-state index in [4.69, 9.17) is 9.47 Å². The van der Waals surface area contributed by atoms with E-state index in [2.05, 4.69) is 11.9 Å². The molecular formula is C22H21NO4. The predicted molar refractivity (Wildman–Crippen MR) is 103 cm³/mol. The van der Waals surface area contributed by atoms with Gasteiger partial charge < -0.3 is 9.47 Å². The van der Waals surface area contributed by atoms with Crippen molar-refractivity contribution in [3.63, 3.8) is 0 Å². The van der Waals surface area contributed by atoms with Crippen molar-refractivity contribution < 1.29 is 19.1 Å². The molecule has 0 radical (unpaired) electrons. The van der Waals surface area contributed by atoms with Crippen molar-refractivity contribution in [1.82, 2.24) is 0 Å². The molecule has 0 aliphatic carbocycles. The molecular weight excluding hydrogens is 342 g/mol. The van der Waals surface area contributed by atoms with Crippen LogP contribution in [0.3, 0.4) is 0 Å². The summed E-state index contributed by atoms with van der Waals surface area (Å²) in [6, 6.07) is 14.7. The van der Waals surface area contributed by atoms with Gasteiger partial charge in [-0.05, 0) is 54.3 Å². The van der Waals surface area contributed by atoms with E-state index in [0.29, 0.717) is 11.6 Å². The maximum absolute atomic E-state index is 12.1. The standard InChI is InChI=1S/C22H21NO4/c1-3-4-5-16-6-10-18(11-7-16)21-23-20(22(25)27-21)14-17-8-12-19(13-9-17)26-15(2)24/h6-14H,3-5H2,1-2H3. The lowest BCUT2D eigenvalue weighted by Gasteiger charge is -2.02. The second-order valence-corrected chi connectivity index (χ2v) is 6.30. The molecule has 2 aromatic rings. The zero-order chi connectivity index (χ0) is 19.2. The average Bonchev–Trinajstić information content (AvgIpc) is 3.02. The second kappa shape index (κ2) is 8.45. The summed E-state index contributed by atoms with van der Waals surface area (Å²) in [6.07, 6.45) is 4.99. The quantitative estimate of drug-likeness (QED) is 0.436. The van der Waals surface area contributed by atoms with Gasteiger partial charge in [-0.1, -0.05) is 37.6 Å². The number of hydrogen-bond donors (Lipinski definition) is 0. The first kappa shape index (κ1) is 18.6. The average molecular weight is 363 g/mol. The summed E-state index contributed by atoms with van der Waals surface area (Å²) in [5.41, 5.74) is 3.03. The first-order valence-corrected chi connectivity index (χ1v) is 8.95. The fourth-order valence-corrected chi connectivity index (χ4v) is 2.68. The molecule has 0 saturated heterocycles. The van der Waals surface area contributed by atoms with E-state index in [1.165, 1.54) is 12.5 Å². The molecule has 0 bridgehead atoms. The Kier molecular flexibility index (Phi) is 5.81. The number of benzene rings is 2. The maximum atomic E-state index is 12.1. The molecule has 2 aromatic carbocycles. The molecule has 27 heavy (non-hydrogen) atoms. The highest BCUT2D eigenvalue weighted by Crippen LogP contribution is 2.21. The smallest absolute Gasteiger partial charge is 0.363 e. The van der Waals surface area contributed by atoms with Crippen molar-refractivity contribution in [3.8, 4) is 5.75 Å². The lowest BCUT2D eigenvalue weighted by Crippen LogP contribution is -2.05. The molecule has 0 spiro atoms. The van der Waals surface area contributed by atoms with Crippen molar-refractivity contribution >= 4 is 23.9 Å². The Bertz CT molecular complexity index is 893. The van der Waals surface area contributed by atoms with Gasteiger partial charge in [0.25, 0.3) is 0 Å². The third-order valence-corrected chi connectivity index (χ3v) is 4.09. The van der Waals surface area contributed by atoms with Crippen LogP contribution in [-0.2, 0) is 20.7 Å². The molecule has 1 heterocycles. The van der Waals surface area contributed by atoms with Gasteiger partial charge in [-0.3, -0.25) is 4.79 Å². The topological polar surface area (TPSA) is 65.0 Å². The molecule has 3 rings (SSSR count). The van der Waals surface area contributed by atoms with Crippen LogP contribution in [0, 0.1) is 0 Å². The van der Waals surface area contributed by atoms with Crippen LogP contribution >= 0.6 is 0 Å². The van der Waals surface area contributed by atoms with Gasteiger partial charge >= 0.3 is 11.9 Å². The molecule has 5 heteroatoms. The van der Waals surface area contributed by atoms with Gasteiger partial charge in [0.15, 0.2) is 5.70 Å². The number of aliphatic imine (C=N–C) groups is 1. The first-order chi connectivity index (χ1) is 13.0. The monoisotopic (exact) mass is 363 g/mol. The van der Waals surface area contributed by atoms with Crippen molar-refractivity contribution in [2.24, 2.45) is 4.99 Å². The third-order valence-electron chi connectivity index (χ3n) is 4.09. The second-order valence-electron chi connectivity index (χ2n) is 6.30. The van der Waals surface area contributed by atoms with Crippen LogP contribution in [0.2, 0.25) is 0 Å². The van der Waals surface area contributed by atoms with Crippen LogP contribution in [0.15, 0.2) is 59.2 Å². The summed E-state index contributed by atoms with van der Waals surface area (Å²) in [7, 11) is 0. The summed E-state index contributed by atoms with van der Waals surface area (Å²) in [5.74, 6) is -0.102. The van der Waals surface area contributed by atoms with Gasteiger partial charge in [0.2, 0.25) is 5.90 Å². The van der Waals surface area contributed by atoms with Gasteiger partial charge in [-0.15, -0.1) is 0 Å². The van der Waals surface area contributed by atoms with E-state index in [-0.39, 0.29) is 11.7 Å². The molecule has 0 atom stereocenters. The minimum atomic E-state index is -0.482. The highest BCUT2D eigenvalue weighted by molar-refractivity contribution is 6.12. The number of nitrogens with zero attached hydrogens (tertiary/aromatic N) is 1. The van der Waals surface area contributed by atoms with Gasteiger partial charge in [-0.25, -0.2) is 9.79 Å². The Morgan fingerprint density at radius 1 is 1.11 bits per heavy atom. The Hall–Kier alpha value is -3.21. The molecule has 0 amide bonds. The number of ether oxygens (including phenoxy) is 2. The summed E-state index contributed by atoms with van der Waals surface area (Å²) in [6.45, 7) is 3.51. The first-order valence-electron chi connectivity index (χ1n) is 8.95. The summed E-state index contributed by atoms with van der Waals surface area (Å²) in [4.78, 5) is 27.4. The normalized spacial score (nSPS) is 14.8. The van der Waals surface area contributed by atoms with Crippen LogP contribution in [0.1, 0.15) is 43.4 Å². The minimum Gasteiger partial charge on any atom is -0.427 e. The molecule has 5 nitrogen and oxygen atoms in total. The Morgan fingerprint density at radius 2 is 1.81 bits per heavy atom. The number of hydrogen-bond acceptors (Lipinski definition) is 5. The molecule has 138 valence electrons. The van der Waals surface area contributed by atoms with Crippen molar-refractivity contribution in [2.45, 2.75) is 33.1 Å². The summed E-state index contributed by atoms with van der Waals surface area (Å²) >= 11 is 0. The molecule has 0 aromatic heterocycles. The molecule has 0 saturated carbocycles. The minimum absolute atomic E-state index is 0.236. The van der Waals surface area contributed by atoms with Crippen LogP contribution in [0.5, 0.6) is 5.75 Å². The third kappa shape index (κ3) is 4.91. The number of carbonyl (C=O) groups excluding carboxylic acids is 2. The van der Waals surface area contributed by atoms with E-state index >= 15 is 0 Å². The van der Waals surface area contributed by atoms with Gasteiger partial charge in [0.05, 0.1) is 0 Å². The highest BCUT2D eigenvalue weighted by Gasteiger charge is 2.24. The zero-order valence-corrected chi connectivity index (χ0v) is 15.4. The van der Waals surface area contributed by atoms with E-state index in [9.17, 15) is 9.59 Å². The Balaban J connectivity index is 1.75. The maximum Gasteiger partial charge on any atom is 0.363 e. The molecule has 0 N–H and O–H groups in total. The number of rotatable bonds is 6. The predicted octanol–water partition coefficient (Wildman–Crippen LogP) is 4.30. The van der Waals surface area contributed by atoms with Gasteiger partial charge in [0.1, 0.15) is 5.75 Å². The fourth-order valence-electron chi connectivity index (χ4n) is 2.68. The lowest BCUT2D eigenvalue weighted by molar-refractivity contribution is -0.132. The Morgan fingerprint density at radius 3 is 2.44 bits per heavy atom. The number of cyclic esters (lactones) is 1. The Labute approximate surface area is 158 Å². The number of unbranched alkanes of at least 4 members (excludes halogenated alkanes) is 1. The molecule has 1 aliphatic rings. The lowest BCUT2D eigenvalue weighted by atomic mass is 10.1. The van der Waals surface area contributed by atoms with E-state index in [0.717, 1.165) is 30.4 Å². The van der Waals surface area contributed by atoms with E-state index in [1.807, 2.05) is 24.3 Å². The van der Waals surface area contributed by atoms with Crippen molar-refractivity contribution in [3.05, 3.63) is 70.9 Å². The number of esters is 2. The van der Waals surface area contributed by atoms with Crippen LogP contribution in [-0.4, -0.2) is 17.8 Å². The molecule has 0 fully saturated rings. The van der Waals surface area contributed by atoms with Gasteiger partial charge in [0, 0.05) is 12.5 Å². The zero-order valence-electron chi connectivity index (χ0n) is 15.4. The van der Waals surface area contributed by atoms with Gasteiger partial charge in [-0.2, -0.15) is 0 Å². The van der Waals surface area contributed by atoms with E-state index in [1.54, 1.807) is 30.3 Å². The largest absolute Gasteiger partial charge is 0.427 e. The highest BCUT2D eigenvalue weighted by atomic mass is 16.6. The van der Waals surface area contributed by atoms with Crippen LogP contribution in [0.4, 0.5) is 0 Å². The summed E-state index contributed by atoms with van der Waals surface area (Å²) in [5, 5.41) is 0. The fraction of sp³-hybridized carbons (Fsp3) is 0.227. The SMILES string of the molecule is CCCCc1ccc(C2=NC(=Cc3ccc(OC(C)=O)cc3)C(=O)O2)cc1. The van der Waals surface area contributed by atoms with Crippen molar-refractivity contribution in [2.75, 3.05) is 0 Å². The molecule has 1 aliphatic heterocycles. The van der Waals surface area contributed by atoms with Crippen LogP contribution < -0.4 is 4.74 Å². The van der Waals surface area contributed by atoms with E-state index < -0.39 is 5.97 Å². The number of aryl methyl sites for hydroxylation is 1. The molecule has 0 unspecified atom stereocenters. The van der Waals surface area contributed by atoms with Crippen molar-refractivity contribution in [1.29, 1.82) is 0 Å². The summed E-state index contributed by atoms with van der Waals surface area (Å²) < 4.78 is 10.3. The number of carbonyl (C=O) groups is 2. The van der Waals surface area contributed by atoms with Crippen LogP contribution in [0.25, 0.3) is 6.08 Å².